The average Bonchev–Trinajstić information content (AvgIpc) is 2.26. The van der Waals surface area contributed by atoms with Crippen molar-refractivity contribution in [2.45, 2.75) is 78.1 Å². The van der Waals surface area contributed by atoms with Crippen molar-refractivity contribution in [2.24, 2.45) is 0 Å². The molecule has 0 saturated carbocycles. The van der Waals surface area contributed by atoms with Crippen LogP contribution in [0.5, 0.6) is 0 Å². The van der Waals surface area contributed by atoms with E-state index in [1.807, 2.05) is 0 Å². The fourth-order valence-electron chi connectivity index (χ4n) is 2.58. The first kappa shape index (κ1) is 15.9. The summed E-state index contributed by atoms with van der Waals surface area (Å²) in [6, 6.07) is 1.18. The molecule has 0 aromatic carbocycles. The molecular formula is C15H32N2O. The summed E-state index contributed by atoms with van der Waals surface area (Å²) >= 11 is 0. The Kier molecular flexibility index (Phi) is 6.09. The Morgan fingerprint density at radius 2 is 2.00 bits per heavy atom. The first-order chi connectivity index (χ1) is 8.33. The molecule has 0 aromatic heterocycles. The molecule has 3 nitrogen and oxygen atoms in total. The largest absolute Gasteiger partial charge is 0.376 e. The van der Waals surface area contributed by atoms with Crippen LogP contribution < -0.4 is 5.32 Å². The highest BCUT2D eigenvalue weighted by atomic mass is 16.5. The summed E-state index contributed by atoms with van der Waals surface area (Å²) in [6.07, 6.45) is 2.88. The molecule has 1 aliphatic heterocycles. The van der Waals surface area contributed by atoms with Crippen LogP contribution in [-0.4, -0.2) is 48.3 Å². The van der Waals surface area contributed by atoms with Crippen LogP contribution in [-0.2, 0) is 4.74 Å². The van der Waals surface area contributed by atoms with E-state index in [0.29, 0.717) is 18.2 Å². The van der Waals surface area contributed by atoms with E-state index in [9.17, 15) is 0 Å². The lowest BCUT2D eigenvalue weighted by Crippen LogP contribution is -2.56. The molecule has 108 valence electrons. The van der Waals surface area contributed by atoms with Crippen LogP contribution in [0.25, 0.3) is 0 Å². The molecule has 0 amide bonds. The zero-order chi connectivity index (χ0) is 13.8. The molecule has 1 rings (SSSR count). The minimum atomic E-state index is 0.202. The molecule has 1 aliphatic rings. The van der Waals surface area contributed by atoms with Crippen LogP contribution >= 0.6 is 0 Å². The molecule has 0 spiro atoms. The zero-order valence-corrected chi connectivity index (χ0v) is 13.1. The average molecular weight is 256 g/mol. The van der Waals surface area contributed by atoms with E-state index in [1.165, 1.54) is 12.8 Å². The quantitative estimate of drug-likeness (QED) is 0.818. The number of hydrogen-bond acceptors (Lipinski definition) is 3. The molecule has 3 heteroatoms. The highest BCUT2D eigenvalue weighted by molar-refractivity contribution is 4.85. The van der Waals surface area contributed by atoms with Crippen molar-refractivity contribution >= 4 is 0 Å². The molecule has 1 saturated heterocycles. The van der Waals surface area contributed by atoms with Crippen molar-refractivity contribution in [2.75, 3.05) is 19.7 Å². The van der Waals surface area contributed by atoms with Crippen LogP contribution in [0.4, 0.5) is 0 Å². The first-order valence-corrected chi connectivity index (χ1v) is 7.46. The van der Waals surface area contributed by atoms with E-state index in [0.717, 1.165) is 19.7 Å². The maximum atomic E-state index is 5.73. The highest BCUT2D eigenvalue weighted by Gasteiger charge is 2.29. The number of rotatable bonds is 5. The SMILES string of the molecule is CCCC(CNC(C)(C)C)N1CC(C)OCC1C. The van der Waals surface area contributed by atoms with Gasteiger partial charge in [-0.3, -0.25) is 4.90 Å². The number of morpholine rings is 1. The smallest absolute Gasteiger partial charge is 0.0674 e. The third-order valence-corrected chi connectivity index (χ3v) is 3.61. The normalized spacial score (nSPS) is 28.3. The zero-order valence-electron chi connectivity index (χ0n) is 13.1. The standard InChI is InChI=1S/C15H32N2O/c1-7-8-14(9-16-15(4,5)6)17-10-13(3)18-11-12(17)2/h12-14,16H,7-11H2,1-6H3. The molecule has 18 heavy (non-hydrogen) atoms. The Bertz CT molecular complexity index is 237. The molecule has 3 unspecified atom stereocenters. The maximum Gasteiger partial charge on any atom is 0.0674 e. The molecular weight excluding hydrogens is 224 g/mol. The molecule has 0 aliphatic carbocycles. The Balaban J connectivity index is 2.58. The fraction of sp³-hybridized carbons (Fsp3) is 1.00. The van der Waals surface area contributed by atoms with E-state index in [-0.39, 0.29) is 5.54 Å². The number of hydrogen-bond donors (Lipinski definition) is 1. The third-order valence-electron chi connectivity index (χ3n) is 3.61. The first-order valence-electron chi connectivity index (χ1n) is 7.46. The van der Waals surface area contributed by atoms with E-state index >= 15 is 0 Å². The van der Waals surface area contributed by atoms with E-state index in [1.54, 1.807) is 0 Å². The van der Waals surface area contributed by atoms with E-state index in [4.69, 9.17) is 4.74 Å². The van der Waals surface area contributed by atoms with Gasteiger partial charge in [0, 0.05) is 30.7 Å². The Morgan fingerprint density at radius 3 is 2.56 bits per heavy atom. The second kappa shape index (κ2) is 6.88. The summed E-state index contributed by atoms with van der Waals surface area (Å²) in [5.41, 5.74) is 0.202. The van der Waals surface area contributed by atoms with Crippen molar-refractivity contribution in [3.63, 3.8) is 0 Å². The van der Waals surface area contributed by atoms with Gasteiger partial charge in [0.15, 0.2) is 0 Å². The molecule has 1 N–H and O–H groups in total. The van der Waals surface area contributed by atoms with E-state index < -0.39 is 0 Å². The highest BCUT2D eigenvalue weighted by Crippen LogP contribution is 2.18. The predicted molar refractivity (Wildman–Crippen MR) is 78.0 cm³/mol. The van der Waals surface area contributed by atoms with Gasteiger partial charge in [-0.1, -0.05) is 13.3 Å². The van der Waals surface area contributed by atoms with Gasteiger partial charge in [0.25, 0.3) is 0 Å². The number of nitrogens with zero attached hydrogens (tertiary/aromatic N) is 1. The minimum absolute atomic E-state index is 0.202. The van der Waals surface area contributed by atoms with Crippen molar-refractivity contribution < 1.29 is 4.74 Å². The van der Waals surface area contributed by atoms with Gasteiger partial charge in [0.2, 0.25) is 0 Å². The maximum absolute atomic E-state index is 5.73. The topological polar surface area (TPSA) is 24.5 Å². The van der Waals surface area contributed by atoms with Crippen molar-refractivity contribution in [1.29, 1.82) is 0 Å². The van der Waals surface area contributed by atoms with Gasteiger partial charge in [-0.05, 0) is 41.0 Å². The Labute approximate surface area is 113 Å². The summed E-state index contributed by atoms with van der Waals surface area (Å²) in [7, 11) is 0. The molecule has 0 aromatic rings. The lowest BCUT2D eigenvalue weighted by Gasteiger charge is -2.43. The van der Waals surface area contributed by atoms with Gasteiger partial charge >= 0.3 is 0 Å². The van der Waals surface area contributed by atoms with Crippen molar-refractivity contribution in [1.82, 2.24) is 10.2 Å². The van der Waals surface area contributed by atoms with Crippen LogP contribution in [0, 0.1) is 0 Å². The number of nitrogens with one attached hydrogen (secondary N) is 1. The van der Waals surface area contributed by atoms with Gasteiger partial charge in [0.05, 0.1) is 12.7 Å². The van der Waals surface area contributed by atoms with Crippen LogP contribution in [0.15, 0.2) is 0 Å². The molecule has 0 radical (unpaired) electrons. The Hall–Kier alpha value is -0.120. The summed E-state index contributed by atoms with van der Waals surface area (Å²) < 4.78 is 5.73. The van der Waals surface area contributed by atoms with E-state index in [2.05, 4.69) is 51.8 Å². The summed E-state index contributed by atoms with van der Waals surface area (Å²) in [6.45, 7) is 16.5. The summed E-state index contributed by atoms with van der Waals surface area (Å²) in [5, 5.41) is 3.66. The lowest BCUT2D eigenvalue weighted by atomic mass is 10.0. The lowest BCUT2D eigenvalue weighted by molar-refractivity contribution is -0.0674. The fourth-order valence-corrected chi connectivity index (χ4v) is 2.58. The van der Waals surface area contributed by atoms with Crippen molar-refractivity contribution in [3.8, 4) is 0 Å². The van der Waals surface area contributed by atoms with Crippen molar-refractivity contribution in [3.05, 3.63) is 0 Å². The van der Waals surface area contributed by atoms with Gasteiger partial charge < -0.3 is 10.1 Å². The second-order valence-corrected chi connectivity index (χ2v) is 6.76. The van der Waals surface area contributed by atoms with Crippen LogP contribution in [0.1, 0.15) is 54.4 Å². The molecule has 1 heterocycles. The van der Waals surface area contributed by atoms with Crippen LogP contribution in [0.3, 0.4) is 0 Å². The molecule has 1 fully saturated rings. The predicted octanol–water partition coefficient (Wildman–Crippen LogP) is 2.65. The van der Waals surface area contributed by atoms with Gasteiger partial charge in [-0.25, -0.2) is 0 Å². The number of ether oxygens (including phenoxy) is 1. The Morgan fingerprint density at radius 1 is 1.33 bits per heavy atom. The summed E-state index contributed by atoms with van der Waals surface area (Å²) in [5.74, 6) is 0. The van der Waals surface area contributed by atoms with Gasteiger partial charge in [-0.15, -0.1) is 0 Å². The monoisotopic (exact) mass is 256 g/mol. The third kappa shape index (κ3) is 5.25. The van der Waals surface area contributed by atoms with Gasteiger partial charge in [0.1, 0.15) is 0 Å². The minimum Gasteiger partial charge on any atom is -0.376 e. The second-order valence-electron chi connectivity index (χ2n) is 6.76. The molecule has 3 atom stereocenters. The molecule has 0 bridgehead atoms. The van der Waals surface area contributed by atoms with Gasteiger partial charge in [-0.2, -0.15) is 0 Å². The van der Waals surface area contributed by atoms with Crippen LogP contribution in [0.2, 0.25) is 0 Å². The summed E-state index contributed by atoms with van der Waals surface area (Å²) in [4.78, 5) is 2.64.